The SMILES string of the molecule is [B]N1CC[C@@H](N)C1. The van der Waals surface area contributed by atoms with Gasteiger partial charge in [-0.25, -0.2) is 0 Å². The molecule has 1 aliphatic heterocycles. The standard InChI is InChI=1S/C4H9BN2/c5-7-2-1-4(6)3-7/h4H,1-3,6H2/t4-/m1/s1. The zero-order valence-corrected chi connectivity index (χ0v) is 4.30. The Morgan fingerprint density at radius 3 is 2.57 bits per heavy atom. The van der Waals surface area contributed by atoms with E-state index in [1.807, 2.05) is 0 Å². The van der Waals surface area contributed by atoms with Crippen LogP contribution in [0.4, 0.5) is 0 Å². The Hall–Kier alpha value is -0.0151. The lowest BCUT2D eigenvalue weighted by Crippen LogP contribution is -2.24. The summed E-state index contributed by atoms with van der Waals surface area (Å²) in [5, 5.41) is 0. The van der Waals surface area contributed by atoms with Gasteiger partial charge in [0.05, 0.1) is 0 Å². The van der Waals surface area contributed by atoms with Gasteiger partial charge in [-0.1, -0.05) is 0 Å². The Kier molecular flexibility index (Phi) is 1.35. The highest BCUT2D eigenvalue weighted by atomic mass is 15.1. The maximum Gasteiger partial charge on any atom is 0.182 e. The highest BCUT2D eigenvalue weighted by Crippen LogP contribution is 2.01. The summed E-state index contributed by atoms with van der Waals surface area (Å²) in [6, 6.07) is 0.324. The third kappa shape index (κ3) is 1.18. The zero-order chi connectivity index (χ0) is 5.28. The summed E-state index contributed by atoms with van der Waals surface area (Å²) in [7, 11) is 5.38. The van der Waals surface area contributed by atoms with Crippen LogP contribution >= 0.6 is 0 Å². The molecule has 38 valence electrons. The minimum atomic E-state index is 0.324. The first-order chi connectivity index (χ1) is 3.29. The van der Waals surface area contributed by atoms with Crippen LogP contribution in [0, 0.1) is 0 Å². The molecule has 0 aromatic heterocycles. The lowest BCUT2D eigenvalue weighted by atomic mass is 10.3. The maximum absolute atomic E-state index is 5.50. The van der Waals surface area contributed by atoms with Gasteiger partial charge in [-0.05, 0) is 13.0 Å². The molecule has 0 aromatic rings. The molecule has 0 spiro atoms. The fourth-order valence-corrected chi connectivity index (χ4v) is 0.815. The van der Waals surface area contributed by atoms with Crippen LogP contribution in [0.3, 0.4) is 0 Å². The molecule has 7 heavy (non-hydrogen) atoms. The Balaban J connectivity index is 2.26. The van der Waals surface area contributed by atoms with Gasteiger partial charge in [0.15, 0.2) is 7.98 Å². The highest BCUT2D eigenvalue weighted by molar-refractivity contribution is 6.04. The summed E-state index contributed by atoms with van der Waals surface area (Å²) in [5.41, 5.74) is 5.50. The lowest BCUT2D eigenvalue weighted by molar-refractivity contribution is 0.553. The second-order valence-electron chi connectivity index (χ2n) is 2.04. The summed E-state index contributed by atoms with van der Waals surface area (Å²) < 4.78 is 0. The van der Waals surface area contributed by atoms with Gasteiger partial charge in [-0.2, -0.15) is 0 Å². The summed E-state index contributed by atoms with van der Waals surface area (Å²) in [6.45, 7) is 1.82. The van der Waals surface area contributed by atoms with E-state index in [1.54, 1.807) is 4.81 Å². The van der Waals surface area contributed by atoms with Crippen molar-refractivity contribution in [1.29, 1.82) is 0 Å². The molecule has 0 unspecified atom stereocenters. The van der Waals surface area contributed by atoms with E-state index < -0.39 is 0 Å². The molecular formula is C4H9BN2. The number of hydrogen-bond donors (Lipinski definition) is 1. The van der Waals surface area contributed by atoms with Crippen molar-refractivity contribution in [2.75, 3.05) is 13.1 Å². The number of rotatable bonds is 0. The summed E-state index contributed by atoms with van der Waals surface area (Å²) in [6.07, 6.45) is 1.05. The van der Waals surface area contributed by atoms with Crippen LogP contribution < -0.4 is 5.73 Å². The molecule has 1 aliphatic rings. The van der Waals surface area contributed by atoms with Gasteiger partial charge in [0.1, 0.15) is 0 Å². The van der Waals surface area contributed by atoms with E-state index in [0.717, 1.165) is 19.5 Å². The van der Waals surface area contributed by atoms with Crippen molar-refractivity contribution in [2.45, 2.75) is 12.5 Å². The largest absolute Gasteiger partial charge is 0.352 e. The van der Waals surface area contributed by atoms with Crippen LogP contribution in [-0.4, -0.2) is 31.9 Å². The van der Waals surface area contributed by atoms with Crippen molar-refractivity contribution >= 4 is 7.98 Å². The quantitative estimate of drug-likeness (QED) is 0.396. The molecule has 1 saturated heterocycles. The Labute approximate surface area is 45.1 Å². The van der Waals surface area contributed by atoms with E-state index >= 15 is 0 Å². The van der Waals surface area contributed by atoms with Gasteiger partial charge in [-0.3, -0.25) is 0 Å². The van der Waals surface area contributed by atoms with E-state index in [9.17, 15) is 0 Å². The maximum atomic E-state index is 5.50. The van der Waals surface area contributed by atoms with Gasteiger partial charge in [-0.15, -0.1) is 0 Å². The van der Waals surface area contributed by atoms with Crippen molar-refractivity contribution in [2.24, 2.45) is 5.73 Å². The molecule has 1 rings (SSSR count). The van der Waals surface area contributed by atoms with Crippen molar-refractivity contribution in [1.82, 2.24) is 4.81 Å². The van der Waals surface area contributed by atoms with Gasteiger partial charge in [0.25, 0.3) is 0 Å². The smallest absolute Gasteiger partial charge is 0.182 e. The van der Waals surface area contributed by atoms with Crippen LogP contribution in [0.15, 0.2) is 0 Å². The van der Waals surface area contributed by atoms with Crippen LogP contribution in [0.1, 0.15) is 6.42 Å². The van der Waals surface area contributed by atoms with Crippen molar-refractivity contribution in [3.8, 4) is 0 Å². The van der Waals surface area contributed by atoms with Gasteiger partial charge >= 0.3 is 0 Å². The average molecular weight is 95.9 g/mol. The minimum Gasteiger partial charge on any atom is -0.352 e. The third-order valence-corrected chi connectivity index (χ3v) is 1.26. The Morgan fingerprint density at radius 2 is 2.43 bits per heavy atom. The third-order valence-electron chi connectivity index (χ3n) is 1.26. The highest BCUT2D eigenvalue weighted by Gasteiger charge is 2.13. The molecule has 3 heteroatoms. The molecule has 0 aromatic carbocycles. The van der Waals surface area contributed by atoms with Crippen LogP contribution in [0.2, 0.25) is 0 Å². The summed E-state index contributed by atoms with van der Waals surface area (Å²) in [4.78, 5) is 1.75. The number of nitrogens with two attached hydrogens (primary N) is 1. The predicted octanol–water partition coefficient (Wildman–Crippen LogP) is -0.897. The molecule has 1 fully saturated rings. The van der Waals surface area contributed by atoms with Crippen molar-refractivity contribution in [3.63, 3.8) is 0 Å². The van der Waals surface area contributed by atoms with E-state index in [0.29, 0.717) is 6.04 Å². The first-order valence-corrected chi connectivity index (χ1v) is 2.54. The second kappa shape index (κ2) is 1.84. The monoisotopic (exact) mass is 96.1 g/mol. The molecule has 2 radical (unpaired) electrons. The molecule has 2 nitrogen and oxygen atoms in total. The summed E-state index contributed by atoms with van der Waals surface area (Å²) >= 11 is 0. The molecule has 2 N–H and O–H groups in total. The van der Waals surface area contributed by atoms with Crippen LogP contribution in [-0.2, 0) is 0 Å². The van der Waals surface area contributed by atoms with E-state index in [1.165, 1.54) is 0 Å². The molecule has 0 amide bonds. The van der Waals surface area contributed by atoms with Gasteiger partial charge in [0, 0.05) is 12.6 Å². The van der Waals surface area contributed by atoms with Gasteiger partial charge in [0.2, 0.25) is 0 Å². The Morgan fingerprint density at radius 1 is 1.71 bits per heavy atom. The molecular weight excluding hydrogens is 86.9 g/mol. The zero-order valence-electron chi connectivity index (χ0n) is 4.30. The molecule has 1 atom stereocenters. The molecule has 1 heterocycles. The van der Waals surface area contributed by atoms with E-state index in [-0.39, 0.29) is 0 Å². The predicted molar refractivity (Wildman–Crippen MR) is 29.9 cm³/mol. The first kappa shape index (κ1) is 5.13. The molecule has 0 bridgehead atoms. The fraction of sp³-hybridized carbons (Fsp3) is 1.00. The van der Waals surface area contributed by atoms with Crippen molar-refractivity contribution in [3.05, 3.63) is 0 Å². The second-order valence-corrected chi connectivity index (χ2v) is 2.04. The number of hydrogen-bond acceptors (Lipinski definition) is 2. The first-order valence-electron chi connectivity index (χ1n) is 2.54. The number of nitrogens with zero attached hydrogens (tertiary/aromatic N) is 1. The normalized spacial score (nSPS) is 34.1. The minimum absolute atomic E-state index is 0.324. The Bertz CT molecular complexity index is 58.7. The van der Waals surface area contributed by atoms with Crippen molar-refractivity contribution < 1.29 is 0 Å². The molecule has 0 saturated carbocycles. The van der Waals surface area contributed by atoms with Crippen LogP contribution in [0.25, 0.3) is 0 Å². The molecule has 0 aliphatic carbocycles. The lowest BCUT2D eigenvalue weighted by Gasteiger charge is -2.03. The van der Waals surface area contributed by atoms with E-state index in [4.69, 9.17) is 13.7 Å². The van der Waals surface area contributed by atoms with Crippen LogP contribution in [0.5, 0.6) is 0 Å². The van der Waals surface area contributed by atoms with Gasteiger partial charge < -0.3 is 10.5 Å². The average Bonchev–Trinajstić information content (AvgIpc) is 1.87. The summed E-state index contributed by atoms with van der Waals surface area (Å²) in [5.74, 6) is 0. The van der Waals surface area contributed by atoms with E-state index in [2.05, 4.69) is 0 Å². The fourth-order valence-electron chi connectivity index (χ4n) is 0.815. The topological polar surface area (TPSA) is 29.3 Å².